The second-order valence-electron chi connectivity index (χ2n) is 10.8. The van der Waals surface area contributed by atoms with Crippen LogP contribution in [0.15, 0.2) is 42.7 Å². The van der Waals surface area contributed by atoms with E-state index < -0.39 is 34.9 Å². The maximum absolute atomic E-state index is 14.4. The van der Waals surface area contributed by atoms with Crippen molar-refractivity contribution in [3.05, 3.63) is 53.9 Å². The quantitative estimate of drug-likeness (QED) is 0.0725. The molecule has 9 N–H and O–H groups in total. The number of halogens is 2. The zero-order valence-electron chi connectivity index (χ0n) is 23.6. The fourth-order valence-corrected chi connectivity index (χ4v) is 5.91. The summed E-state index contributed by atoms with van der Waals surface area (Å²) in [5.41, 5.74) is 4.66. The zero-order chi connectivity index (χ0) is 31.3. The average molecular weight is 625 g/mol. The van der Waals surface area contributed by atoms with Gasteiger partial charge in [0.15, 0.2) is 5.41 Å². The van der Waals surface area contributed by atoms with Crippen molar-refractivity contribution >= 4 is 64.2 Å². The number of rotatable bonds is 13. The molecule has 3 rings (SSSR count). The van der Waals surface area contributed by atoms with E-state index in [2.05, 4.69) is 20.9 Å². The number of anilines is 2. The van der Waals surface area contributed by atoms with E-state index in [0.717, 1.165) is 11.3 Å². The van der Waals surface area contributed by atoms with E-state index in [1.54, 1.807) is 26.4 Å². The molecule has 1 aliphatic rings. The SMILES string of the molecule is CC(NC(=O)O)(C(=N)N)C1(C(=O)NCc2ccc(N(CCCl)CCCl)cc2)C[N+](C)(C)C=C1c1cc[nH]c1NC(=O)O. The third-order valence-electron chi connectivity index (χ3n) is 7.45. The van der Waals surface area contributed by atoms with Crippen molar-refractivity contribution < 1.29 is 29.1 Å². The van der Waals surface area contributed by atoms with Crippen LogP contribution in [0, 0.1) is 10.8 Å². The maximum atomic E-state index is 14.4. The summed E-state index contributed by atoms with van der Waals surface area (Å²) in [6.07, 6.45) is 0.413. The Morgan fingerprint density at radius 2 is 1.74 bits per heavy atom. The molecule has 0 fully saturated rings. The van der Waals surface area contributed by atoms with Crippen LogP contribution < -0.4 is 26.6 Å². The summed E-state index contributed by atoms with van der Waals surface area (Å²) in [6.45, 7) is 2.71. The number of nitrogens with two attached hydrogens (primary N) is 1. The topological polar surface area (TPSA) is 197 Å². The van der Waals surface area contributed by atoms with Crippen LogP contribution in [0.1, 0.15) is 18.1 Å². The largest absolute Gasteiger partial charge is 0.465 e. The van der Waals surface area contributed by atoms with Gasteiger partial charge >= 0.3 is 12.2 Å². The van der Waals surface area contributed by atoms with Crippen molar-refractivity contribution in [3.8, 4) is 0 Å². The van der Waals surface area contributed by atoms with Crippen LogP contribution in [0.5, 0.6) is 0 Å². The highest BCUT2D eigenvalue weighted by atomic mass is 35.5. The normalized spacial score (nSPS) is 18.8. The summed E-state index contributed by atoms with van der Waals surface area (Å²) < 4.78 is 0.107. The molecule has 13 nitrogen and oxygen atoms in total. The van der Waals surface area contributed by atoms with Crippen LogP contribution in [-0.2, 0) is 11.3 Å². The summed E-state index contributed by atoms with van der Waals surface area (Å²) in [6, 6.07) is 9.07. The predicted octanol–water partition coefficient (Wildman–Crippen LogP) is 3.08. The molecule has 228 valence electrons. The highest BCUT2D eigenvalue weighted by molar-refractivity contribution is 6.18. The summed E-state index contributed by atoms with van der Waals surface area (Å²) in [5, 5.41) is 35.2. The molecule has 2 atom stereocenters. The molecular formula is C27H37Cl2N8O5+. The highest BCUT2D eigenvalue weighted by Crippen LogP contribution is 2.52. The van der Waals surface area contributed by atoms with Gasteiger partial charge in [0.05, 0.1) is 14.1 Å². The van der Waals surface area contributed by atoms with Gasteiger partial charge in [0.1, 0.15) is 29.9 Å². The van der Waals surface area contributed by atoms with Gasteiger partial charge in [-0.05, 0) is 30.7 Å². The van der Waals surface area contributed by atoms with E-state index in [-0.39, 0.29) is 23.4 Å². The van der Waals surface area contributed by atoms with Crippen LogP contribution in [0.2, 0.25) is 0 Å². The molecule has 2 unspecified atom stereocenters. The maximum Gasteiger partial charge on any atom is 0.410 e. The Labute approximate surface area is 253 Å². The van der Waals surface area contributed by atoms with Crippen LogP contribution in [0.4, 0.5) is 21.1 Å². The Morgan fingerprint density at radius 1 is 1.12 bits per heavy atom. The van der Waals surface area contributed by atoms with Crippen LogP contribution in [-0.4, -0.2) is 94.6 Å². The Hall–Kier alpha value is -3.94. The third kappa shape index (κ3) is 6.58. The number of aromatic amines is 1. The van der Waals surface area contributed by atoms with Gasteiger partial charge in [0.25, 0.3) is 0 Å². The molecule has 0 spiro atoms. The number of carboxylic acid groups (broad SMARTS) is 2. The fourth-order valence-electron chi connectivity index (χ4n) is 5.50. The molecule has 0 aliphatic carbocycles. The molecule has 15 heteroatoms. The molecular weight excluding hydrogens is 587 g/mol. The Kier molecular flexibility index (Phi) is 10.0. The van der Waals surface area contributed by atoms with Crippen LogP contribution >= 0.6 is 23.2 Å². The van der Waals surface area contributed by atoms with Crippen molar-refractivity contribution in [2.75, 3.05) is 55.7 Å². The number of amidine groups is 1. The molecule has 1 aromatic heterocycles. The number of hydrogen-bond donors (Lipinski definition) is 8. The molecule has 1 aliphatic heterocycles. The van der Waals surface area contributed by atoms with E-state index in [1.165, 1.54) is 13.1 Å². The van der Waals surface area contributed by atoms with E-state index in [0.29, 0.717) is 36.0 Å². The number of carbonyl (C=O) groups excluding carboxylic acids is 1. The Morgan fingerprint density at radius 3 is 2.26 bits per heavy atom. The monoisotopic (exact) mass is 623 g/mol. The first kappa shape index (κ1) is 32.6. The first-order valence-electron chi connectivity index (χ1n) is 13.0. The number of H-pyrrole nitrogens is 1. The lowest BCUT2D eigenvalue weighted by Crippen LogP contribution is -2.71. The molecule has 0 saturated carbocycles. The minimum absolute atomic E-state index is 0.00691. The van der Waals surface area contributed by atoms with Gasteiger partial charge < -0.3 is 40.9 Å². The van der Waals surface area contributed by atoms with Gasteiger partial charge in [-0.3, -0.25) is 15.5 Å². The van der Waals surface area contributed by atoms with E-state index >= 15 is 0 Å². The molecule has 3 amide bonds. The Balaban J connectivity index is 2.08. The van der Waals surface area contributed by atoms with Crippen molar-refractivity contribution in [1.29, 1.82) is 5.41 Å². The minimum atomic E-state index is -1.92. The number of nitrogens with zero attached hydrogens (tertiary/aromatic N) is 2. The summed E-state index contributed by atoms with van der Waals surface area (Å²) >= 11 is 11.9. The van der Waals surface area contributed by atoms with Gasteiger partial charge in [0, 0.05) is 54.4 Å². The van der Waals surface area contributed by atoms with Crippen LogP contribution in [0.25, 0.3) is 5.57 Å². The molecule has 0 bridgehead atoms. The first-order chi connectivity index (χ1) is 19.7. The highest BCUT2D eigenvalue weighted by Gasteiger charge is 2.66. The molecule has 42 heavy (non-hydrogen) atoms. The number of aromatic nitrogens is 1. The number of amides is 3. The fraction of sp³-hybridized carbons (Fsp3) is 0.407. The number of quaternary nitrogens is 1. The van der Waals surface area contributed by atoms with Gasteiger partial charge in [-0.15, -0.1) is 23.2 Å². The van der Waals surface area contributed by atoms with Gasteiger partial charge in [0.2, 0.25) is 5.91 Å². The van der Waals surface area contributed by atoms with E-state index in [9.17, 15) is 24.6 Å². The van der Waals surface area contributed by atoms with Crippen molar-refractivity contribution in [2.45, 2.75) is 19.0 Å². The summed E-state index contributed by atoms with van der Waals surface area (Å²) in [5.74, 6) is -0.222. The lowest BCUT2D eigenvalue weighted by molar-refractivity contribution is -0.837. The zero-order valence-corrected chi connectivity index (χ0v) is 25.1. The van der Waals surface area contributed by atoms with Crippen molar-refractivity contribution in [3.63, 3.8) is 0 Å². The van der Waals surface area contributed by atoms with Crippen LogP contribution in [0.3, 0.4) is 0 Å². The second-order valence-corrected chi connectivity index (χ2v) is 11.5. The molecule has 0 radical (unpaired) electrons. The van der Waals surface area contributed by atoms with Crippen molar-refractivity contribution in [2.24, 2.45) is 11.1 Å². The van der Waals surface area contributed by atoms with Gasteiger partial charge in [-0.2, -0.15) is 0 Å². The number of carbonyl (C=O) groups is 3. The van der Waals surface area contributed by atoms with Crippen molar-refractivity contribution in [1.82, 2.24) is 15.6 Å². The second kappa shape index (κ2) is 12.9. The standard InChI is InChI=1S/C27H36Cl2N8O5/c1-26(22(30)31,35-25(41)42)27(16-37(2,3)15-20(27)19-8-11-32-21(19)34-24(39)40)23(38)33-14-17-4-6-18(7-5-17)36(12-9-28)13-10-29/h4-8,11,15,32,34-35H,9-10,12-14,16H2,1-3H3,(H5-,30,31,33,38,39,40,41,42)/p+1. The van der Waals surface area contributed by atoms with Gasteiger partial charge in [-0.25, -0.2) is 9.59 Å². The lowest BCUT2D eigenvalue weighted by Gasteiger charge is -2.45. The summed E-state index contributed by atoms with van der Waals surface area (Å²) in [4.78, 5) is 42.8. The number of benzene rings is 1. The minimum Gasteiger partial charge on any atom is -0.465 e. The van der Waals surface area contributed by atoms with Gasteiger partial charge in [-0.1, -0.05) is 12.1 Å². The van der Waals surface area contributed by atoms with E-state index in [4.69, 9.17) is 34.3 Å². The smallest absolute Gasteiger partial charge is 0.410 e. The van der Waals surface area contributed by atoms with E-state index in [1.807, 2.05) is 29.2 Å². The number of alkyl halides is 2. The predicted molar refractivity (Wildman–Crippen MR) is 163 cm³/mol. The first-order valence-corrected chi connectivity index (χ1v) is 14.1. The Bertz CT molecular complexity index is 1360. The molecule has 2 heterocycles. The lowest BCUT2D eigenvalue weighted by atomic mass is 9.63. The molecule has 2 aromatic rings. The third-order valence-corrected chi connectivity index (χ3v) is 7.79. The molecule has 1 aromatic carbocycles. The average Bonchev–Trinajstić information content (AvgIpc) is 3.47. The molecule has 0 saturated heterocycles. The number of hydrogen-bond acceptors (Lipinski definition) is 5. The number of nitrogens with one attached hydrogen (secondary N) is 5. The summed E-state index contributed by atoms with van der Waals surface area (Å²) in [7, 11) is 3.61.